The third-order valence-electron chi connectivity index (χ3n) is 4.20. The van der Waals surface area contributed by atoms with E-state index in [0.29, 0.717) is 18.3 Å². The zero-order chi connectivity index (χ0) is 11.6. The van der Waals surface area contributed by atoms with Crippen molar-refractivity contribution in [1.29, 1.82) is 0 Å². The molecule has 2 fully saturated rings. The van der Waals surface area contributed by atoms with Gasteiger partial charge in [-0.15, -0.1) is 0 Å². The molecule has 2 aliphatic rings. The molecule has 16 heavy (non-hydrogen) atoms. The maximum Gasteiger partial charge on any atom is 0.220 e. The molecule has 0 aliphatic carbocycles. The molecule has 0 radical (unpaired) electrons. The Morgan fingerprint density at radius 2 is 2.38 bits per heavy atom. The molecule has 0 bridgehead atoms. The maximum absolute atomic E-state index is 11.5. The smallest absolute Gasteiger partial charge is 0.220 e. The van der Waals surface area contributed by atoms with E-state index in [0.717, 1.165) is 26.1 Å². The Morgan fingerprint density at radius 3 is 2.88 bits per heavy atom. The fourth-order valence-corrected chi connectivity index (χ4v) is 3.04. The first-order valence-electron chi connectivity index (χ1n) is 6.51. The molecule has 0 spiro atoms. The van der Waals surface area contributed by atoms with Gasteiger partial charge in [0.2, 0.25) is 5.91 Å². The SMILES string of the molecule is CC(C)C1(CC2CCCOC2)CCC(=O)N1. The number of ether oxygens (including phenoxy) is 1. The van der Waals surface area contributed by atoms with Crippen LogP contribution in [0, 0.1) is 11.8 Å². The van der Waals surface area contributed by atoms with Crippen LogP contribution in [-0.4, -0.2) is 24.7 Å². The Labute approximate surface area is 97.9 Å². The Kier molecular flexibility index (Phi) is 3.53. The van der Waals surface area contributed by atoms with E-state index in [1.807, 2.05) is 0 Å². The molecular weight excluding hydrogens is 202 g/mol. The van der Waals surface area contributed by atoms with Gasteiger partial charge in [0.05, 0.1) is 0 Å². The molecule has 92 valence electrons. The number of hydrogen-bond acceptors (Lipinski definition) is 2. The van der Waals surface area contributed by atoms with Crippen molar-refractivity contribution in [2.24, 2.45) is 11.8 Å². The number of carbonyl (C=O) groups excluding carboxylic acids is 1. The third kappa shape index (κ3) is 2.40. The van der Waals surface area contributed by atoms with Gasteiger partial charge in [0.15, 0.2) is 0 Å². The normalized spacial score (nSPS) is 35.4. The first-order valence-corrected chi connectivity index (χ1v) is 6.51. The standard InChI is InChI=1S/C13H23NO2/c1-10(2)13(6-5-12(15)14-13)8-11-4-3-7-16-9-11/h10-11H,3-9H2,1-2H3,(H,14,15). The number of rotatable bonds is 3. The number of nitrogens with one attached hydrogen (secondary N) is 1. The fraction of sp³-hybridized carbons (Fsp3) is 0.923. The highest BCUT2D eigenvalue weighted by Crippen LogP contribution is 2.36. The molecule has 3 nitrogen and oxygen atoms in total. The van der Waals surface area contributed by atoms with Crippen LogP contribution in [0.5, 0.6) is 0 Å². The number of carbonyl (C=O) groups is 1. The predicted molar refractivity (Wildman–Crippen MR) is 63.1 cm³/mol. The van der Waals surface area contributed by atoms with Crippen molar-refractivity contribution in [3.05, 3.63) is 0 Å². The summed E-state index contributed by atoms with van der Waals surface area (Å²) < 4.78 is 5.53. The molecule has 1 N–H and O–H groups in total. The Bertz CT molecular complexity index is 259. The van der Waals surface area contributed by atoms with E-state index in [4.69, 9.17) is 4.74 Å². The van der Waals surface area contributed by atoms with Crippen molar-refractivity contribution in [2.75, 3.05) is 13.2 Å². The average molecular weight is 225 g/mol. The first kappa shape index (κ1) is 11.9. The highest BCUT2D eigenvalue weighted by Gasteiger charge is 2.42. The molecule has 3 heteroatoms. The van der Waals surface area contributed by atoms with Crippen LogP contribution in [0.3, 0.4) is 0 Å². The van der Waals surface area contributed by atoms with E-state index in [9.17, 15) is 4.79 Å². The van der Waals surface area contributed by atoms with Gasteiger partial charge < -0.3 is 10.1 Å². The van der Waals surface area contributed by atoms with Crippen LogP contribution in [0.15, 0.2) is 0 Å². The lowest BCUT2D eigenvalue weighted by molar-refractivity contribution is -0.120. The fourth-order valence-electron chi connectivity index (χ4n) is 3.04. The van der Waals surface area contributed by atoms with Gasteiger partial charge >= 0.3 is 0 Å². The van der Waals surface area contributed by atoms with Crippen LogP contribution < -0.4 is 5.32 Å². The van der Waals surface area contributed by atoms with Crippen molar-refractivity contribution < 1.29 is 9.53 Å². The zero-order valence-corrected chi connectivity index (χ0v) is 10.4. The quantitative estimate of drug-likeness (QED) is 0.799. The Morgan fingerprint density at radius 1 is 1.56 bits per heavy atom. The van der Waals surface area contributed by atoms with E-state index in [2.05, 4.69) is 19.2 Å². The largest absolute Gasteiger partial charge is 0.381 e. The lowest BCUT2D eigenvalue weighted by Gasteiger charge is -2.37. The third-order valence-corrected chi connectivity index (χ3v) is 4.20. The number of amides is 1. The van der Waals surface area contributed by atoms with Gasteiger partial charge in [-0.05, 0) is 37.5 Å². The molecule has 2 unspecified atom stereocenters. The Balaban J connectivity index is 1.99. The minimum atomic E-state index is 0.0441. The second-order valence-electron chi connectivity index (χ2n) is 5.65. The van der Waals surface area contributed by atoms with Gasteiger partial charge in [-0.3, -0.25) is 4.79 Å². The summed E-state index contributed by atoms with van der Waals surface area (Å²) in [5.41, 5.74) is 0.0441. The lowest BCUT2D eigenvalue weighted by atomic mass is 9.76. The van der Waals surface area contributed by atoms with E-state index >= 15 is 0 Å². The van der Waals surface area contributed by atoms with Crippen molar-refractivity contribution in [2.45, 2.75) is 51.5 Å². The van der Waals surface area contributed by atoms with Crippen LogP contribution in [-0.2, 0) is 9.53 Å². The molecule has 0 saturated carbocycles. The van der Waals surface area contributed by atoms with Crippen molar-refractivity contribution in [3.8, 4) is 0 Å². The zero-order valence-electron chi connectivity index (χ0n) is 10.4. The van der Waals surface area contributed by atoms with Crippen molar-refractivity contribution >= 4 is 5.91 Å². The van der Waals surface area contributed by atoms with E-state index in [1.54, 1.807) is 0 Å². The van der Waals surface area contributed by atoms with Crippen molar-refractivity contribution in [1.82, 2.24) is 5.32 Å². The van der Waals surface area contributed by atoms with E-state index in [1.165, 1.54) is 12.8 Å². The van der Waals surface area contributed by atoms with Gasteiger partial charge in [-0.2, -0.15) is 0 Å². The first-order chi connectivity index (χ1) is 7.62. The summed E-state index contributed by atoms with van der Waals surface area (Å²) in [5, 5.41) is 3.22. The molecule has 2 saturated heterocycles. The van der Waals surface area contributed by atoms with Gasteiger partial charge in [0, 0.05) is 25.2 Å². The van der Waals surface area contributed by atoms with Crippen LogP contribution in [0.25, 0.3) is 0 Å². The molecule has 2 heterocycles. The molecule has 1 amide bonds. The predicted octanol–water partition coefficient (Wildman–Crippen LogP) is 2.11. The molecule has 0 aromatic carbocycles. The van der Waals surface area contributed by atoms with Gasteiger partial charge in [0.1, 0.15) is 0 Å². The van der Waals surface area contributed by atoms with Crippen LogP contribution in [0.4, 0.5) is 0 Å². The highest BCUT2D eigenvalue weighted by atomic mass is 16.5. The summed E-state index contributed by atoms with van der Waals surface area (Å²) in [6.45, 7) is 6.23. The second-order valence-corrected chi connectivity index (χ2v) is 5.65. The topological polar surface area (TPSA) is 38.3 Å². The van der Waals surface area contributed by atoms with Gasteiger partial charge in [-0.25, -0.2) is 0 Å². The lowest BCUT2D eigenvalue weighted by Crippen LogP contribution is -2.48. The summed E-state index contributed by atoms with van der Waals surface area (Å²) in [4.78, 5) is 11.5. The van der Waals surface area contributed by atoms with Crippen molar-refractivity contribution in [3.63, 3.8) is 0 Å². The molecule has 2 rings (SSSR count). The summed E-state index contributed by atoms with van der Waals surface area (Å²) >= 11 is 0. The molecule has 2 atom stereocenters. The summed E-state index contributed by atoms with van der Waals surface area (Å²) in [5.74, 6) is 1.38. The monoisotopic (exact) mass is 225 g/mol. The van der Waals surface area contributed by atoms with Gasteiger partial charge in [0.25, 0.3) is 0 Å². The Hall–Kier alpha value is -0.570. The highest BCUT2D eigenvalue weighted by molar-refractivity contribution is 5.79. The minimum absolute atomic E-state index is 0.0441. The average Bonchev–Trinajstić information content (AvgIpc) is 2.63. The molecule has 0 aromatic rings. The van der Waals surface area contributed by atoms with E-state index < -0.39 is 0 Å². The summed E-state index contributed by atoms with van der Waals surface area (Å²) in [6.07, 6.45) is 5.22. The van der Waals surface area contributed by atoms with E-state index in [-0.39, 0.29) is 11.4 Å². The second kappa shape index (κ2) is 4.74. The number of hydrogen-bond donors (Lipinski definition) is 1. The maximum atomic E-state index is 11.5. The summed E-state index contributed by atoms with van der Waals surface area (Å²) in [7, 11) is 0. The molecule has 0 aromatic heterocycles. The molecular formula is C13H23NO2. The van der Waals surface area contributed by atoms with Gasteiger partial charge in [-0.1, -0.05) is 13.8 Å². The van der Waals surface area contributed by atoms with Crippen LogP contribution in [0.2, 0.25) is 0 Å². The van der Waals surface area contributed by atoms with Crippen LogP contribution >= 0.6 is 0 Å². The summed E-state index contributed by atoms with van der Waals surface area (Å²) in [6, 6.07) is 0. The van der Waals surface area contributed by atoms with Crippen LogP contribution in [0.1, 0.15) is 46.0 Å². The molecule has 2 aliphatic heterocycles. The minimum Gasteiger partial charge on any atom is -0.381 e.